The summed E-state index contributed by atoms with van der Waals surface area (Å²) < 4.78 is 31.3. The summed E-state index contributed by atoms with van der Waals surface area (Å²) in [6.45, 7) is -0.788. The highest BCUT2D eigenvalue weighted by molar-refractivity contribution is 6.33. The monoisotopic (exact) mass is 616 g/mol. The number of aromatic nitrogens is 5. The molecule has 0 spiro atoms. The first-order valence-electron chi connectivity index (χ1n) is 13.4. The molecule has 3 amide bonds. The van der Waals surface area contributed by atoms with Gasteiger partial charge in [-0.1, -0.05) is 41.9 Å². The van der Waals surface area contributed by atoms with E-state index in [2.05, 4.69) is 25.4 Å². The minimum atomic E-state index is -1.48. The predicted molar refractivity (Wildman–Crippen MR) is 158 cm³/mol. The number of primary amides is 1. The van der Waals surface area contributed by atoms with Crippen LogP contribution in [0.1, 0.15) is 16.9 Å². The number of carbonyl (C=O) groups excluding carboxylic acids is 3. The van der Waals surface area contributed by atoms with Crippen molar-refractivity contribution in [3.63, 3.8) is 0 Å². The standard InChI is InChI=1S/C30H23ClF2N8O3/c31-21-6-2-1-4-18(21)19-5-3-7-22(27(19)33)38-30(44)24-8-17(32)13-40(24)26(42)14-41-25-12-37-23(16-10-35-15-36-11-16)9-20(25)28(39-41)29(34)43/h1-7,9-12,15,17,24H,8,13-14H2,(H2,34,43)(H,38,44)/t17-,24+/m1/s1. The van der Waals surface area contributed by atoms with Gasteiger partial charge in [0.05, 0.1) is 29.6 Å². The number of hydrogen-bond donors (Lipinski definition) is 2. The van der Waals surface area contributed by atoms with Crippen LogP contribution in [0.25, 0.3) is 33.3 Å². The minimum Gasteiger partial charge on any atom is -0.364 e. The van der Waals surface area contributed by atoms with E-state index in [9.17, 15) is 18.8 Å². The van der Waals surface area contributed by atoms with Gasteiger partial charge in [-0.2, -0.15) is 5.10 Å². The largest absolute Gasteiger partial charge is 0.364 e. The number of pyridine rings is 1. The minimum absolute atomic E-state index is 0.0961. The fourth-order valence-electron chi connectivity index (χ4n) is 5.22. The molecule has 2 atom stereocenters. The molecule has 3 N–H and O–H groups in total. The SMILES string of the molecule is NC(=O)c1nn(CC(=O)N2C[C@H](F)C[C@H]2C(=O)Nc2cccc(-c3ccccc3Cl)c2F)c2cnc(-c3cncnc3)cc12. The lowest BCUT2D eigenvalue weighted by atomic mass is 10.0. The zero-order valence-corrected chi connectivity index (χ0v) is 23.6. The zero-order chi connectivity index (χ0) is 31.0. The summed E-state index contributed by atoms with van der Waals surface area (Å²) in [5.41, 5.74) is 7.29. The summed E-state index contributed by atoms with van der Waals surface area (Å²) in [6, 6.07) is 11.5. The molecule has 1 aliphatic heterocycles. The Morgan fingerprint density at radius 2 is 1.80 bits per heavy atom. The van der Waals surface area contributed by atoms with Crippen LogP contribution in [0.5, 0.6) is 0 Å². The van der Waals surface area contributed by atoms with Gasteiger partial charge >= 0.3 is 0 Å². The summed E-state index contributed by atoms with van der Waals surface area (Å²) in [6.07, 6.45) is 4.11. The second-order valence-corrected chi connectivity index (χ2v) is 10.5. The van der Waals surface area contributed by atoms with E-state index in [-0.39, 0.29) is 29.9 Å². The van der Waals surface area contributed by atoms with Gasteiger partial charge in [0.15, 0.2) is 11.5 Å². The van der Waals surface area contributed by atoms with Gasteiger partial charge in [0, 0.05) is 45.9 Å². The number of nitrogens with two attached hydrogens (primary N) is 1. The van der Waals surface area contributed by atoms with Gasteiger partial charge in [0.2, 0.25) is 11.8 Å². The summed E-state index contributed by atoms with van der Waals surface area (Å²) in [7, 11) is 0. The molecule has 1 saturated heterocycles. The van der Waals surface area contributed by atoms with E-state index in [0.717, 1.165) is 4.90 Å². The van der Waals surface area contributed by atoms with Crippen LogP contribution >= 0.6 is 11.6 Å². The number of nitrogens with zero attached hydrogens (tertiary/aromatic N) is 6. The predicted octanol–water partition coefficient (Wildman–Crippen LogP) is 4.02. The third-order valence-electron chi connectivity index (χ3n) is 7.31. The lowest BCUT2D eigenvalue weighted by Gasteiger charge is -2.24. The third-order valence-corrected chi connectivity index (χ3v) is 7.63. The summed E-state index contributed by atoms with van der Waals surface area (Å²) in [5.74, 6) is -2.95. The highest BCUT2D eigenvalue weighted by Crippen LogP contribution is 2.33. The Balaban J connectivity index is 1.25. The first kappa shape index (κ1) is 28.8. The quantitative estimate of drug-likeness (QED) is 0.280. The maximum Gasteiger partial charge on any atom is 0.269 e. The Morgan fingerprint density at radius 1 is 1.05 bits per heavy atom. The van der Waals surface area contributed by atoms with Gasteiger partial charge in [-0.3, -0.25) is 24.0 Å². The molecular formula is C30H23ClF2N8O3. The van der Waals surface area contributed by atoms with Crippen LogP contribution in [0, 0.1) is 5.82 Å². The summed E-state index contributed by atoms with van der Waals surface area (Å²) in [5, 5.41) is 7.39. The normalized spacial score (nSPS) is 16.3. The molecule has 0 unspecified atom stereocenters. The van der Waals surface area contributed by atoms with E-state index >= 15 is 4.39 Å². The van der Waals surface area contributed by atoms with Crippen molar-refractivity contribution < 1.29 is 23.2 Å². The lowest BCUT2D eigenvalue weighted by molar-refractivity contribution is -0.137. The third kappa shape index (κ3) is 5.44. The van der Waals surface area contributed by atoms with Crippen molar-refractivity contribution in [3.8, 4) is 22.4 Å². The van der Waals surface area contributed by atoms with Crippen molar-refractivity contribution in [2.45, 2.75) is 25.2 Å². The van der Waals surface area contributed by atoms with Crippen molar-refractivity contribution in [1.82, 2.24) is 29.6 Å². The number of halogens is 3. The number of hydrogen-bond acceptors (Lipinski definition) is 7. The van der Waals surface area contributed by atoms with Gasteiger partial charge in [-0.05, 0) is 18.2 Å². The van der Waals surface area contributed by atoms with Crippen molar-refractivity contribution in [2.75, 3.05) is 11.9 Å². The average molecular weight is 617 g/mol. The molecule has 0 aliphatic carbocycles. The number of nitrogens with one attached hydrogen (secondary N) is 1. The topological polar surface area (TPSA) is 149 Å². The van der Waals surface area contributed by atoms with E-state index in [0.29, 0.717) is 32.7 Å². The molecule has 5 aromatic rings. The molecule has 11 nitrogen and oxygen atoms in total. The Kier molecular flexibility index (Phi) is 7.70. The second kappa shape index (κ2) is 11.8. The number of benzene rings is 2. The molecule has 44 heavy (non-hydrogen) atoms. The van der Waals surface area contributed by atoms with Crippen LogP contribution in [0.4, 0.5) is 14.5 Å². The van der Waals surface area contributed by atoms with Crippen LogP contribution in [-0.2, 0) is 16.1 Å². The zero-order valence-electron chi connectivity index (χ0n) is 22.8. The van der Waals surface area contributed by atoms with Gasteiger partial charge in [0.25, 0.3) is 5.91 Å². The molecule has 1 fully saturated rings. The van der Waals surface area contributed by atoms with Crippen molar-refractivity contribution in [3.05, 3.63) is 90.0 Å². The van der Waals surface area contributed by atoms with E-state index < -0.39 is 42.3 Å². The first-order chi connectivity index (χ1) is 21.2. The second-order valence-electron chi connectivity index (χ2n) is 10.1. The fraction of sp³-hybridized carbons (Fsp3) is 0.167. The molecule has 14 heteroatoms. The van der Waals surface area contributed by atoms with Crippen LogP contribution in [-0.4, -0.2) is 66.1 Å². The van der Waals surface area contributed by atoms with Gasteiger partial charge in [-0.25, -0.2) is 18.7 Å². The van der Waals surface area contributed by atoms with Crippen molar-refractivity contribution in [1.29, 1.82) is 0 Å². The fourth-order valence-corrected chi connectivity index (χ4v) is 5.46. The molecule has 0 radical (unpaired) electrons. The molecule has 3 aromatic heterocycles. The van der Waals surface area contributed by atoms with Crippen LogP contribution in [0.15, 0.2) is 73.4 Å². The number of likely N-dealkylation sites (tertiary alicyclic amines) is 1. The van der Waals surface area contributed by atoms with E-state index in [1.54, 1.807) is 48.8 Å². The lowest BCUT2D eigenvalue weighted by Crippen LogP contribution is -2.44. The van der Waals surface area contributed by atoms with Crippen LogP contribution in [0.2, 0.25) is 5.02 Å². The van der Waals surface area contributed by atoms with Crippen molar-refractivity contribution in [2.24, 2.45) is 5.73 Å². The molecule has 222 valence electrons. The van der Waals surface area contributed by atoms with Gasteiger partial charge in [0.1, 0.15) is 25.1 Å². The molecule has 4 heterocycles. The first-order valence-corrected chi connectivity index (χ1v) is 13.8. The number of amides is 3. The van der Waals surface area contributed by atoms with E-state index in [4.69, 9.17) is 17.3 Å². The van der Waals surface area contributed by atoms with Crippen LogP contribution < -0.4 is 11.1 Å². The van der Waals surface area contributed by atoms with Crippen molar-refractivity contribution >= 4 is 45.9 Å². The Morgan fingerprint density at radius 3 is 2.55 bits per heavy atom. The number of carbonyl (C=O) groups is 3. The number of anilines is 1. The summed E-state index contributed by atoms with van der Waals surface area (Å²) >= 11 is 6.24. The maximum atomic E-state index is 15.5. The van der Waals surface area contributed by atoms with E-state index in [1.807, 2.05) is 0 Å². The van der Waals surface area contributed by atoms with Crippen LogP contribution in [0.3, 0.4) is 0 Å². The molecule has 0 saturated carbocycles. The molecule has 0 bridgehead atoms. The molecule has 1 aliphatic rings. The van der Waals surface area contributed by atoms with E-state index in [1.165, 1.54) is 29.3 Å². The molecule has 2 aromatic carbocycles. The average Bonchev–Trinajstić information content (AvgIpc) is 3.59. The molecule has 6 rings (SSSR count). The smallest absolute Gasteiger partial charge is 0.269 e. The number of rotatable bonds is 7. The van der Waals surface area contributed by atoms with Gasteiger partial charge in [-0.15, -0.1) is 0 Å². The molecular weight excluding hydrogens is 594 g/mol. The number of alkyl halides is 1. The van der Waals surface area contributed by atoms with Gasteiger partial charge < -0.3 is 16.0 Å². The Hall–Kier alpha value is -5.30. The highest BCUT2D eigenvalue weighted by Gasteiger charge is 2.40. The Bertz CT molecular complexity index is 1920. The Labute approximate surface area is 253 Å². The maximum absolute atomic E-state index is 15.5. The highest BCUT2D eigenvalue weighted by atomic mass is 35.5. The number of fused-ring (bicyclic) bond motifs is 1. The summed E-state index contributed by atoms with van der Waals surface area (Å²) in [4.78, 5) is 52.3.